The zero-order valence-electron chi connectivity index (χ0n) is 11.4. The fourth-order valence-electron chi connectivity index (χ4n) is 1.80. The van der Waals surface area contributed by atoms with E-state index in [1.165, 1.54) is 0 Å². The van der Waals surface area contributed by atoms with Crippen LogP contribution in [0.15, 0.2) is 40.9 Å². The molecule has 0 aliphatic carbocycles. The van der Waals surface area contributed by atoms with E-state index in [1.807, 2.05) is 44.2 Å². The van der Waals surface area contributed by atoms with Gasteiger partial charge in [0.25, 0.3) is 0 Å². The van der Waals surface area contributed by atoms with Crippen LogP contribution in [0.4, 0.5) is 0 Å². The van der Waals surface area contributed by atoms with Crippen molar-refractivity contribution in [2.45, 2.75) is 19.9 Å². The molecule has 1 atom stereocenters. The van der Waals surface area contributed by atoms with Gasteiger partial charge < -0.3 is 14.5 Å². The summed E-state index contributed by atoms with van der Waals surface area (Å²) in [6.45, 7) is 6.26. The molecule has 1 unspecified atom stereocenters. The average Bonchev–Trinajstić information content (AvgIpc) is 2.94. The maximum absolute atomic E-state index is 5.77. The zero-order valence-corrected chi connectivity index (χ0v) is 11.4. The van der Waals surface area contributed by atoms with Crippen LogP contribution in [0, 0.1) is 0 Å². The summed E-state index contributed by atoms with van der Waals surface area (Å²) in [5, 5.41) is 3.32. The molecule has 1 aromatic carbocycles. The van der Waals surface area contributed by atoms with Gasteiger partial charge >= 0.3 is 0 Å². The third kappa shape index (κ3) is 3.91. The number of hydrogen-bond donors (Lipinski definition) is 1. The second kappa shape index (κ2) is 7.07. The van der Waals surface area contributed by atoms with Gasteiger partial charge in [-0.25, -0.2) is 4.98 Å². The highest BCUT2D eigenvalue weighted by Crippen LogP contribution is 2.22. The van der Waals surface area contributed by atoms with Gasteiger partial charge in [0.05, 0.1) is 18.8 Å². The van der Waals surface area contributed by atoms with Gasteiger partial charge in [-0.2, -0.15) is 0 Å². The molecule has 0 radical (unpaired) electrons. The normalized spacial score (nSPS) is 12.5. The lowest BCUT2D eigenvalue weighted by Crippen LogP contribution is -2.23. The second-order valence-corrected chi connectivity index (χ2v) is 4.30. The highest BCUT2D eigenvalue weighted by molar-refractivity contribution is 5.55. The molecule has 1 N–H and O–H groups in total. The van der Waals surface area contributed by atoms with E-state index in [0.717, 1.165) is 24.5 Å². The van der Waals surface area contributed by atoms with Crippen molar-refractivity contribution in [3.05, 3.63) is 42.4 Å². The lowest BCUT2D eigenvalue weighted by molar-refractivity contribution is 0.146. The van der Waals surface area contributed by atoms with Gasteiger partial charge in [-0.1, -0.05) is 30.3 Å². The van der Waals surface area contributed by atoms with Crippen LogP contribution < -0.4 is 5.32 Å². The average molecular weight is 260 g/mol. The molecule has 1 aromatic heterocycles. The van der Waals surface area contributed by atoms with Crippen LogP contribution in [0.5, 0.6) is 0 Å². The molecule has 0 spiro atoms. The SMILES string of the molecule is CCOCCNC(C)c1ncc(-c2ccccc2)o1. The van der Waals surface area contributed by atoms with Crippen LogP contribution in [0.25, 0.3) is 11.3 Å². The van der Waals surface area contributed by atoms with Crippen LogP contribution in [0.2, 0.25) is 0 Å². The summed E-state index contributed by atoms with van der Waals surface area (Å²) >= 11 is 0. The van der Waals surface area contributed by atoms with E-state index in [4.69, 9.17) is 9.15 Å². The molecule has 2 rings (SSSR count). The van der Waals surface area contributed by atoms with E-state index in [0.29, 0.717) is 12.5 Å². The van der Waals surface area contributed by atoms with Crippen molar-refractivity contribution in [3.8, 4) is 11.3 Å². The van der Waals surface area contributed by atoms with Gasteiger partial charge in [0, 0.05) is 18.7 Å². The van der Waals surface area contributed by atoms with Gasteiger partial charge in [-0.05, 0) is 13.8 Å². The first kappa shape index (κ1) is 13.8. The number of hydrogen-bond acceptors (Lipinski definition) is 4. The van der Waals surface area contributed by atoms with Crippen LogP contribution in [0.1, 0.15) is 25.8 Å². The fourth-order valence-corrected chi connectivity index (χ4v) is 1.80. The molecular formula is C15H20N2O2. The summed E-state index contributed by atoms with van der Waals surface area (Å²) in [5.41, 5.74) is 1.04. The number of rotatable bonds is 7. The highest BCUT2D eigenvalue weighted by Gasteiger charge is 2.12. The molecule has 4 heteroatoms. The predicted octanol–water partition coefficient (Wildman–Crippen LogP) is 3.03. The number of nitrogens with zero attached hydrogens (tertiary/aromatic N) is 1. The highest BCUT2D eigenvalue weighted by atomic mass is 16.5. The minimum Gasteiger partial charge on any atom is -0.439 e. The Labute approximate surface area is 113 Å². The van der Waals surface area contributed by atoms with E-state index in [1.54, 1.807) is 6.20 Å². The van der Waals surface area contributed by atoms with E-state index in [-0.39, 0.29) is 6.04 Å². The van der Waals surface area contributed by atoms with Crippen molar-refractivity contribution in [1.29, 1.82) is 0 Å². The predicted molar refractivity (Wildman–Crippen MR) is 74.8 cm³/mol. The van der Waals surface area contributed by atoms with Gasteiger partial charge in [0.2, 0.25) is 5.89 Å². The molecule has 4 nitrogen and oxygen atoms in total. The van der Waals surface area contributed by atoms with Crippen LogP contribution in [-0.4, -0.2) is 24.7 Å². The van der Waals surface area contributed by atoms with Crippen LogP contribution in [-0.2, 0) is 4.74 Å². The minimum atomic E-state index is 0.0814. The van der Waals surface area contributed by atoms with Crippen molar-refractivity contribution < 1.29 is 9.15 Å². The van der Waals surface area contributed by atoms with Gasteiger partial charge in [0.1, 0.15) is 0 Å². The topological polar surface area (TPSA) is 47.3 Å². The maximum Gasteiger partial charge on any atom is 0.211 e. The van der Waals surface area contributed by atoms with Crippen LogP contribution in [0.3, 0.4) is 0 Å². The molecule has 0 aliphatic heterocycles. The van der Waals surface area contributed by atoms with Crippen molar-refractivity contribution in [3.63, 3.8) is 0 Å². The minimum absolute atomic E-state index is 0.0814. The first-order chi connectivity index (χ1) is 9.31. The lowest BCUT2D eigenvalue weighted by atomic mass is 10.2. The number of ether oxygens (including phenoxy) is 1. The standard InChI is InChI=1S/C15H20N2O2/c1-3-18-10-9-16-12(2)15-17-11-14(19-15)13-7-5-4-6-8-13/h4-8,11-12,16H,3,9-10H2,1-2H3. The second-order valence-electron chi connectivity index (χ2n) is 4.30. The Bertz CT molecular complexity index is 482. The molecule has 19 heavy (non-hydrogen) atoms. The third-order valence-corrected chi connectivity index (χ3v) is 2.85. The zero-order chi connectivity index (χ0) is 13.5. The van der Waals surface area contributed by atoms with Gasteiger partial charge in [0.15, 0.2) is 5.76 Å². The summed E-state index contributed by atoms with van der Waals surface area (Å²) in [6.07, 6.45) is 1.77. The van der Waals surface area contributed by atoms with Crippen molar-refractivity contribution in [2.75, 3.05) is 19.8 Å². The number of benzene rings is 1. The molecule has 0 saturated carbocycles. The molecule has 2 aromatic rings. The first-order valence-electron chi connectivity index (χ1n) is 6.63. The molecular weight excluding hydrogens is 240 g/mol. The van der Waals surface area contributed by atoms with E-state index >= 15 is 0 Å². The first-order valence-corrected chi connectivity index (χ1v) is 6.63. The van der Waals surface area contributed by atoms with Crippen LogP contribution >= 0.6 is 0 Å². The number of aromatic nitrogens is 1. The quantitative estimate of drug-likeness (QED) is 0.777. The van der Waals surface area contributed by atoms with E-state index in [2.05, 4.69) is 10.3 Å². The smallest absolute Gasteiger partial charge is 0.211 e. The largest absolute Gasteiger partial charge is 0.439 e. The van der Waals surface area contributed by atoms with Gasteiger partial charge in [-0.3, -0.25) is 0 Å². The Balaban J connectivity index is 1.93. The van der Waals surface area contributed by atoms with E-state index in [9.17, 15) is 0 Å². The van der Waals surface area contributed by atoms with Crippen molar-refractivity contribution in [1.82, 2.24) is 10.3 Å². The Morgan fingerprint density at radius 1 is 1.32 bits per heavy atom. The molecule has 0 bridgehead atoms. The Hall–Kier alpha value is -1.65. The molecule has 1 heterocycles. The summed E-state index contributed by atoms with van der Waals surface area (Å²) < 4.78 is 11.1. The number of oxazole rings is 1. The Morgan fingerprint density at radius 3 is 2.84 bits per heavy atom. The molecule has 0 aliphatic rings. The maximum atomic E-state index is 5.77. The monoisotopic (exact) mass is 260 g/mol. The summed E-state index contributed by atoms with van der Waals surface area (Å²) in [5.74, 6) is 1.50. The molecule has 0 amide bonds. The van der Waals surface area contributed by atoms with Crippen molar-refractivity contribution in [2.24, 2.45) is 0 Å². The summed E-state index contributed by atoms with van der Waals surface area (Å²) in [7, 11) is 0. The summed E-state index contributed by atoms with van der Waals surface area (Å²) in [4.78, 5) is 4.32. The molecule has 0 fully saturated rings. The third-order valence-electron chi connectivity index (χ3n) is 2.85. The Morgan fingerprint density at radius 2 is 2.11 bits per heavy atom. The Kier molecular flexibility index (Phi) is 5.12. The lowest BCUT2D eigenvalue weighted by Gasteiger charge is -2.09. The van der Waals surface area contributed by atoms with Gasteiger partial charge in [-0.15, -0.1) is 0 Å². The molecule has 102 valence electrons. The number of nitrogens with one attached hydrogen (secondary N) is 1. The fraction of sp³-hybridized carbons (Fsp3) is 0.400. The van der Waals surface area contributed by atoms with E-state index < -0.39 is 0 Å². The summed E-state index contributed by atoms with van der Waals surface area (Å²) in [6, 6.07) is 10.1. The molecule has 0 saturated heterocycles. The van der Waals surface area contributed by atoms with Crippen molar-refractivity contribution >= 4 is 0 Å².